The third-order valence-electron chi connectivity index (χ3n) is 3.64. The summed E-state index contributed by atoms with van der Waals surface area (Å²) in [5.74, 6) is 0.184. The molecule has 0 unspecified atom stereocenters. The standard InChI is InChI=1S/C15H22BrN3O/c1-18(2)15(20)11-19-8-6-13(7-9-19)17-14-5-3-4-12(16)10-14/h3-5,10,13,17H,6-9,11H2,1-2H3. The van der Waals surface area contributed by atoms with Crippen LogP contribution in [0.3, 0.4) is 0 Å². The van der Waals surface area contributed by atoms with Gasteiger partial charge < -0.3 is 10.2 Å². The van der Waals surface area contributed by atoms with E-state index in [9.17, 15) is 4.79 Å². The second kappa shape index (κ2) is 7.09. The van der Waals surface area contributed by atoms with Gasteiger partial charge in [0.05, 0.1) is 6.54 Å². The summed E-state index contributed by atoms with van der Waals surface area (Å²) in [6, 6.07) is 8.75. The van der Waals surface area contributed by atoms with E-state index in [1.165, 1.54) is 0 Å². The van der Waals surface area contributed by atoms with Crippen LogP contribution in [0.1, 0.15) is 12.8 Å². The number of benzene rings is 1. The van der Waals surface area contributed by atoms with Gasteiger partial charge in [-0.1, -0.05) is 22.0 Å². The Kier molecular flexibility index (Phi) is 5.43. The molecule has 0 spiro atoms. The molecular weight excluding hydrogens is 318 g/mol. The number of amides is 1. The quantitative estimate of drug-likeness (QED) is 0.914. The second-order valence-electron chi connectivity index (χ2n) is 5.49. The van der Waals surface area contributed by atoms with E-state index in [0.29, 0.717) is 12.6 Å². The molecule has 0 aromatic heterocycles. The van der Waals surface area contributed by atoms with Crippen molar-refractivity contribution in [2.75, 3.05) is 39.0 Å². The zero-order valence-electron chi connectivity index (χ0n) is 12.1. The summed E-state index contributed by atoms with van der Waals surface area (Å²) in [6.07, 6.45) is 2.15. The predicted molar refractivity (Wildman–Crippen MR) is 85.9 cm³/mol. The fourth-order valence-corrected chi connectivity index (χ4v) is 2.78. The number of hydrogen-bond donors (Lipinski definition) is 1. The topological polar surface area (TPSA) is 35.6 Å². The van der Waals surface area contributed by atoms with Gasteiger partial charge in [-0.3, -0.25) is 9.69 Å². The Morgan fingerprint density at radius 1 is 1.40 bits per heavy atom. The summed E-state index contributed by atoms with van der Waals surface area (Å²) in [4.78, 5) is 15.6. The van der Waals surface area contributed by atoms with E-state index in [-0.39, 0.29) is 5.91 Å². The molecule has 0 bridgehead atoms. The zero-order chi connectivity index (χ0) is 14.5. The molecule has 1 fully saturated rings. The maximum atomic E-state index is 11.7. The van der Waals surface area contributed by atoms with E-state index in [0.717, 1.165) is 36.1 Å². The van der Waals surface area contributed by atoms with Gasteiger partial charge in [0.15, 0.2) is 0 Å². The van der Waals surface area contributed by atoms with Crippen LogP contribution in [0, 0.1) is 0 Å². The Morgan fingerprint density at radius 3 is 2.70 bits per heavy atom. The van der Waals surface area contributed by atoms with Crippen molar-refractivity contribution in [1.82, 2.24) is 9.80 Å². The number of hydrogen-bond acceptors (Lipinski definition) is 3. The number of piperidine rings is 1. The third-order valence-corrected chi connectivity index (χ3v) is 4.13. The maximum Gasteiger partial charge on any atom is 0.236 e. The molecule has 1 N–H and O–H groups in total. The first-order valence-electron chi connectivity index (χ1n) is 6.99. The van der Waals surface area contributed by atoms with E-state index in [2.05, 4.69) is 38.3 Å². The van der Waals surface area contributed by atoms with Crippen molar-refractivity contribution in [3.05, 3.63) is 28.7 Å². The van der Waals surface area contributed by atoms with Crippen molar-refractivity contribution >= 4 is 27.5 Å². The van der Waals surface area contributed by atoms with Crippen molar-refractivity contribution in [2.45, 2.75) is 18.9 Å². The van der Waals surface area contributed by atoms with Gasteiger partial charge in [0.1, 0.15) is 0 Å². The molecule has 20 heavy (non-hydrogen) atoms. The van der Waals surface area contributed by atoms with E-state index < -0.39 is 0 Å². The van der Waals surface area contributed by atoms with Crippen LogP contribution >= 0.6 is 15.9 Å². The van der Waals surface area contributed by atoms with Gasteiger partial charge in [0, 0.05) is 43.4 Å². The number of anilines is 1. The molecule has 1 saturated heterocycles. The Hall–Kier alpha value is -1.07. The lowest BCUT2D eigenvalue weighted by atomic mass is 10.0. The minimum atomic E-state index is 0.184. The molecule has 0 atom stereocenters. The Labute approximate surface area is 129 Å². The summed E-state index contributed by atoms with van der Waals surface area (Å²) < 4.78 is 1.09. The van der Waals surface area contributed by atoms with Crippen molar-refractivity contribution in [1.29, 1.82) is 0 Å². The highest BCUT2D eigenvalue weighted by atomic mass is 79.9. The number of carbonyl (C=O) groups excluding carboxylic acids is 1. The number of likely N-dealkylation sites (N-methyl/N-ethyl adjacent to an activating group) is 1. The number of carbonyl (C=O) groups is 1. The fraction of sp³-hybridized carbons (Fsp3) is 0.533. The highest BCUT2D eigenvalue weighted by Crippen LogP contribution is 2.20. The second-order valence-corrected chi connectivity index (χ2v) is 6.41. The smallest absolute Gasteiger partial charge is 0.236 e. The zero-order valence-corrected chi connectivity index (χ0v) is 13.7. The first kappa shape index (κ1) is 15.3. The SMILES string of the molecule is CN(C)C(=O)CN1CCC(Nc2cccc(Br)c2)CC1. The van der Waals surface area contributed by atoms with Crippen molar-refractivity contribution < 1.29 is 4.79 Å². The van der Waals surface area contributed by atoms with Crippen LogP contribution in [-0.2, 0) is 4.79 Å². The number of rotatable bonds is 4. The number of halogens is 1. The van der Waals surface area contributed by atoms with E-state index >= 15 is 0 Å². The average Bonchev–Trinajstić information content (AvgIpc) is 2.41. The molecule has 0 saturated carbocycles. The lowest BCUT2D eigenvalue weighted by Gasteiger charge is -2.33. The highest BCUT2D eigenvalue weighted by Gasteiger charge is 2.21. The molecular formula is C15H22BrN3O. The third kappa shape index (κ3) is 4.49. The lowest BCUT2D eigenvalue weighted by molar-refractivity contribution is -0.130. The van der Waals surface area contributed by atoms with Crippen molar-refractivity contribution in [2.24, 2.45) is 0 Å². The maximum absolute atomic E-state index is 11.7. The first-order valence-corrected chi connectivity index (χ1v) is 7.78. The molecule has 0 aliphatic carbocycles. The molecule has 1 aromatic rings. The molecule has 4 nitrogen and oxygen atoms in total. The van der Waals surface area contributed by atoms with Crippen molar-refractivity contribution in [3.8, 4) is 0 Å². The molecule has 1 aliphatic rings. The van der Waals surface area contributed by atoms with Gasteiger partial charge in [0.2, 0.25) is 5.91 Å². The molecule has 110 valence electrons. The van der Waals surface area contributed by atoms with Crippen LogP contribution in [0.2, 0.25) is 0 Å². The monoisotopic (exact) mass is 339 g/mol. The Balaban J connectivity index is 1.78. The average molecular weight is 340 g/mol. The summed E-state index contributed by atoms with van der Waals surface area (Å²) in [6.45, 7) is 2.49. The van der Waals surface area contributed by atoms with Gasteiger partial charge in [0.25, 0.3) is 0 Å². The first-order chi connectivity index (χ1) is 9.54. The van der Waals surface area contributed by atoms with Crippen molar-refractivity contribution in [3.63, 3.8) is 0 Å². The summed E-state index contributed by atoms with van der Waals surface area (Å²) in [5.41, 5.74) is 1.15. The minimum Gasteiger partial charge on any atom is -0.382 e. The molecule has 1 amide bonds. The summed E-state index contributed by atoms with van der Waals surface area (Å²) >= 11 is 3.49. The Morgan fingerprint density at radius 2 is 2.10 bits per heavy atom. The molecule has 2 rings (SSSR count). The lowest BCUT2D eigenvalue weighted by Crippen LogP contribution is -2.43. The van der Waals surface area contributed by atoms with Crippen LogP contribution < -0.4 is 5.32 Å². The number of likely N-dealkylation sites (tertiary alicyclic amines) is 1. The summed E-state index contributed by atoms with van der Waals surface area (Å²) in [5, 5.41) is 3.57. The highest BCUT2D eigenvalue weighted by molar-refractivity contribution is 9.10. The van der Waals surface area contributed by atoms with Crippen LogP contribution in [0.25, 0.3) is 0 Å². The van der Waals surface area contributed by atoms with E-state index in [4.69, 9.17) is 0 Å². The van der Waals surface area contributed by atoms with Gasteiger partial charge in [-0.15, -0.1) is 0 Å². The van der Waals surface area contributed by atoms with Crippen LogP contribution in [0.4, 0.5) is 5.69 Å². The van der Waals surface area contributed by atoms with Gasteiger partial charge in [-0.05, 0) is 31.0 Å². The summed E-state index contributed by atoms with van der Waals surface area (Å²) in [7, 11) is 3.62. The van der Waals surface area contributed by atoms with Crippen LogP contribution in [0.15, 0.2) is 28.7 Å². The molecule has 0 radical (unpaired) electrons. The normalized spacial score (nSPS) is 16.9. The van der Waals surface area contributed by atoms with E-state index in [1.54, 1.807) is 4.90 Å². The number of nitrogens with one attached hydrogen (secondary N) is 1. The Bertz CT molecular complexity index is 456. The molecule has 1 aromatic carbocycles. The molecule has 5 heteroatoms. The molecule has 1 heterocycles. The minimum absolute atomic E-state index is 0.184. The van der Waals surface area contributed by atoms with E-state index in [1.807, 2.05) is 26.2 Å². The largest absolute Gasteiger partial charge is 0.382 e. The molecule has 1 aliphatic heterocycles. The van der Waals surface area contributed by atoms with Gasteiger partial charge in [-0.2, -0.15) is 0 Å². The van der Waals surface area contributed by atoms with Gasteiger partial charge >= 0.3 is 0 Å². The van der Waals surface area contributed by atoms with Gasteiger partial charge in [-0.25, -0.2) is 0 Å². The van der Waals surface area contributed by atoms with Crippen LogP contribution in [-0.4, -0.2) is 55.5 Å². The fourth-order valence-electron chi connectivity index (χ4n) is 2.38. The number of nitrogens with zero attached hydrogens (tertiary/aromatic N) is 2. The van der Waals surface area contributed by atoms with Crippen LogP contribution in [0.5, 0.6) is 0 Å². The predicted octanol–water partition coefficient (Wildman–Crippen LogP) is 2.41.